The first-order valence-electron chi connectivity index (χ1n) is 9.40. The van der Waals surface area contributed by atoms with E-state index in [9.17, 15) is 19.2 Å². The molecule has 2 aliphatic heterocycles. The summed E-state index contributed by atoms with van der Waals surface area (Å²) in [7, 11) is 0. The Morgan fingerprint density at radius 1 is 0.903 bits per heavy atom. The van der Waals surface area contributed by atoms with Crippen molar-refractivity contribution in [1.82, 2.24) is 9.88 Å². The first kappa shape index (κ1) is 18.6. The van der Waals surface area contributed by atoms with Gasteiger partial charge >= 0.3 is 0 Å². The monoisotopic (exact) mass is 417 g/mol. The molecule has 154 valence electrons. The van der Waals surface area contributed by atoms with Crippen molar-refractivity contribution in [3.05, 3.63) is 81.1 Å². The highest BCUT2D eigenvalue weighted by atomic mass is 16.6. The minimum atomic E-state index is -0.672. The number of nitrogens with zero attached hydrogens (tertiary/aromatic N) is 1. The van der Waals surface area contributed by atoms with Gasteiger partial charge in [-0.3, -0.25) is 29.1 Å². The first-order valence-corrected chi connectivity index (χ1v) is 9.40. The summed E-state index contributed by atoms with van der Waals surface area (Å²) in [6.45, 7) is 0.847. The van der Waals surface area contributed by atoms with E-state index < -0.39 is 17.4 Å². The van der Waals surface area contributed by atoms with Crippen LogP contribution in [0.3, 0.4) is 0 Å². The summed E-state index contributed by atoms with van der Waals surface area (Å²) >= 11 is 0. The van der Waals surface area contributed by atoms with E-state index in [1.54, 1.807) is 36.4 Å². The molecule has 0 fully saturated rings. The lowest BCUT2D eigenvalue weighted by Crippen LogP contribution is -2.24. The van der Waals surface area contributed by atoms with Crippen molar-refractivity contribution in [2.75, 3.05) is 18.9 Å². The van der Waals surface area contributed by atoms with Gasteiger partial charge in [0.2, 0.25) is 0 Å². The lowest BCUT2D eigenvalue weighted by atomic mass is 10.0. The lowest BCUT2D eigenvalue weighted by molar-refractivity contribution is 0.0879. The molecule has 0 radical (unpaired) electrons. The number of amides is 2. The Morgan fingerprint density at radius 2 is 1.65 bits per heavy atom. The highest BCUT2D eigenvalue weighted by Gasteiger charge is 2.32. The molecule has 0 bridgehead atoms. The maximum absolute atomic E-state index is 13.0. The van der Waals surface area contributed by atoms with Crippen LogP contribution in [0.1, 0.15) is 36.6 Å². The number of nitrogen functional groups attached to an aromatic ring is 1. The molecule has 0 saturated carbocycles. The zero-order chi connectivity index (χ0) is 21.7. The van der Waals surface area contributed by atoms with Crippen LogP contribution in [-0.2, 0) is 0 Å². The molecular weight excluding hydrogens is 402 g/mol. The third kappa shape index (κ3) is 2.94. The standard InChI is InChI=1S/C22H15N3O6/c23-20-18-14(21(28)24-22(18)29)10-17(26)25(20)13-3-1-2-11(8-13)19(27)12-4-5-15-16(9-12)31-7-6-30-15/h1-5,8-10H,6-7,23H2,(H,24,28,29). The average molecular weight is 417 g/mol. The minimum Gasteiger partial charge on any atom is -0.486 e. The van der Waals surface area contributed by atoms with E-state index in [-0.39, 0.29) is 22.7 Å². The highest BCUT2D eigenvalue weighted by molar-refractivity contribution is 6.23. The Kier molecular flexibility index (Phi) is 4.11. The molecule has 1 aromatic heterocycles. The molecule has 3 N–H and O–H groups in total. The Balaban J connectivity index is 1.57. The molecule has 31 heavy (non-hydrogen) atoms. The molecule has 0 aliphatic carbocycles. The third-order valence-electron chi connectivity index (χ3n) is 5.12. The van der Waals surface area contributed by atoms with Gasteiger partial charge < -0.3 is 15.2 Å². The van der Waals surface area contributed by atoms with Crippen LogP contribution >= 0.6 is 0 Å². The third-order valence-corrected chi connectivity index (χ3v) is 5.12. The van der Waals surface area contributed by atoms with Gasteiger partial charge in [-0.15, -0.1) is 0 Å². The SMILES string of the molecule is Nc1c2c(cc(=O)n1-c1cccc(C(=O)c3ccc4c(c3)OCCO4)c1)C(=O)NC2=O. The fourth-order valence-electron chi connectivity index (χ4n) is 3.68. The predicted molar refractivity (Wildman–Crippen MR) is 109 cm³/mol. The van der Waals surface area contributed by atoms with Crippen molar-refractivity contribution < 1.29 is 23.9 Å². The van der Waals surface area contributed by atoms with Crippen molar-refractivity contribution in [1.29, 1.82) is 0 Å². The number of nitrogens with two attached hydrogens (primary N) is 1. The first-order chi connectivity index (χ1) is 14.9. The maximum Gasteiger partial charge on any atom is 0.262 e. The predicted octanol–water partition coefficient (Wildman–Crippen LogP) is 1.31. The van der Waals surface area contributed by atoms with E-state index in [0.29, 0.717) is 41.5 Å². The lowest BCUT2D eigenvalue weighted by Gasteiger charge is -2.18. The fourth-order valence-corrected chi connectivity index (χ4v) is 3.68. The van der Waals surface area contributed by atoms with Crippen molar-refractivity contribution in [3.63, 3.8) is 0 Å². The summed E-state index contributed by atoms with van der Waals surface area (Å²) in [5.74, 6) is -0.743. The highest BCUT2D eigenvalue weighted by Crippen LogP contribution is 2.31. The van der Waals surface area contributed by atoms with Crippen LogP contribution in [0, 0.1) is 0 Å². The van der Waals surface area contributed by atoms with Crippen LogP contribution in [0.5, 0.6) is 11.5 Å². The van der Waals surface area contributed by atoms with E-state index in [1.165, 1.54) is 6.07 Å². The second-order valence-electron chi connectivity index (χ2n) is 7.01. The van der Waals surface area contributed by atoms with Gasteiger partial charge in [-0.25, -0.2) is 0 Å². The number of carbonyl (C=O) groups is 3. The van der Waals surface area contributed by atoms with E-state index in [0.717, 1.165) is 10.6 Å². The number of benzene rings is 2. The van der Waals surface area contributed by atoms with Crippen molar-refractivity contribution in [2.45, 2.75) is 0 Å². The van der Waals surface area contributed by atoms with Crippen LogP contribution in [0.25, 0.3) is 5.69 Å². The number of anilines is 1. The molecule has 9 heteroatoms. The van der Waals surface area contributed by atoms with E-state index in [4.69, 9.17) is 15.2 Å². The Hall–Kier alpha value is -4.40. The molecule has 9 nitrogen and oxygen atoms in total. The summed E-state index contributed by atoms with van der Waals surface area (Å²) < 4.78 is 12.1. The Bertz CT molecular complexity index is 1360. The van der Waals surface area contributed by atoms with Crippen LogP contribution in [0.2, 0.25) is 0 Å². The summed E-state index contributed by atoms with van der Waals surface area (Å²) in [4.78, 5) is 49.6. The molecule has 3 heterocycles. The Morgan fingerprint density at radius 3 is 2.45 bits per heavy atom. The van der Waals surface area contributed by atoms with E-state index >= 15 is 0 Å². The molecule has 2 aromatic carbocycles. The molecule has 5 rings (SSSR count). The van der Waals surface area contributed by atoms with Crippen molar-refractivity contribution in [2.24, 2.45) is 0 Å². The second-order valence-corrected chi connectivity index (χ2v) is 7.01. The van der Waals surface area contributed by atoms with Gasteiger partial charge in [0.15, 0.2) is 17.3 Å². The molecule has 0 saturated heterocycles. The summed E-state index contributed by atoms with van der Waals surface area (Å²) in [6, 6.07) is 12.3. The molecule has 2 aliphatic rings. The van der Waals surface area contributed by atoms with E-state index in [2.05, 4.69) is 5.32 Å². The molecular formula is C22H15N3O6. The van der Waals surface area contributed by atoms with Crippen molar-refractivity contribution in [3.8, 4) is 17.2 Å². The van der Waals surface area contributed by atoms with Gasteiger partial charge in [-0.2, -0.15) is 0 Å². The van der Waals surface area contributed by atoms with Gasteiger partial charge in [0.05, 0.1) is 16.8 Å². The topological polar surface area (TPSA) is 130 Å². The number of nitrogens with one attached hydrogen (secondary N) is 1. The van der Waals surface area contributed by atoms with Gasteiger partial charge in [0.25, 0.3) is 17.4 Å². The number of carbonyl (C=O) groups excluding carboxylic acids is 3. The van der Waals surface area contributed by atoms with Crippen molar-refractivity contribution >= 4 is 23.4 Å². The van der Waals surface area contributed by atoms with Crippen LogP contribution in [0.4, 0.5) is 5.82 Å². The van der Waals surface area contributed by atoms with Gasteiger partial charge in [0.1, 0.15) is 19.0 Å². The van der Waals surface area contributed by atoms with Crippen LogP contribution < -0.4 is 26.1 Å². The number of pyridine rings is 1. The van der Waals surface area contributed by atoms with Gasteiger partial charge in [-0.1, -0.05) is 12.1 Å². The second kappa shape index (κ2) is 6.84. The molecule has 2 amide bonds. The summed E-state index contributed by atoms with van der Waals surface area (Å²) in [5, 5.41) is 2.12. The normalized spacial score (nSPS) is 14.2. The Labute approximate surface area is 175 Å². The summed E-state index contributed by atoms with van der Waals surface area (Å²) in [5.41, 5.74) is 6.34. The summed E-state index contributed by atoms with van der Waals surface area (Å²) in [6.07, 6.45) is 0. The number of rotatable bonds is 3. The number of imide groups is 1. The van der Waals surface area contributed by atoms with Crippen LogP contribution in [0.15, 0.2) is 53.3 Å². The zero-order valence-corrected chi connectivity index (χ0v) is 16.0. The average Bonchev–Trinajstić information content (AvgIpc) is 3.06. The number of ether oxygens (including phenoxy) is 2. The molecule has 0 spiro atoms. The quantitative estimate of drug-likeness (QED) is 0.485. The largest absolute Gasteiger partial charge is 0.486 e. The number of fused-ring (bicyclic) bond motifs is 2. The number of aromatic nitrogens is 1. The number of hydrogen-bond donors (Lipinski definition) is 2. The molecule has 0 atom stereocenters. The van der Waals surface area contributed by atoms with Gasteiger partial charge in [-0.05, 0) is 30.3 Å². The zero-order valence-electron chi connectivity index (χ0n) is 16.0. The van der Waals surface area contributed by atoms with Crippen LogP contribution in [-0.4, -0.2) is 35.4 Å². The molecule has 3 aromatic rings. The number of hydrogen-bond acceptors (Lipinski definition) is 7. The maximum atomic E-state index is 13.0. The number of ketones is 1. The smallest absolute Gasteiger partial charge is 0.262 e. The molecule has 0 unspecified atom stereocenters. The van der Waals surface area contributed by atoms with E-state index in [1.807, 2.05) is 0 Å². The fraction of sp³-hybridized carbons (Fsp3) is 0.0909. The van der Waals surface area contributed by atoms with Gasteiger partial charge in [0, 0.05) is 17.2 Å². The minimum absolute atomic E-state index is 0.0619.